The zero-order chi connectivity index (χ0) is 21.5. The number of rotatable bonds is 4. The number of halogens is 2. The molecule has 30 heavy (non-hydrogen) atoms. The number of hydrogen-bond donors (Lipinski definition) is 3. The maximum atomic E-state index is 13.4. The second-order valence-electron chi connectivity index (χ2n) is 6.73. The van der Waals surface area contributed by atoms with Crippen LogP contribution in [0.1, 0.15) is 17.3 Å². The number of hydrogen-bond acceptors (Lipinski definition) is 5. The first-order valence-corrected chi connectivity index (χ1v) is 11.5. The molecule has 2 unspecified atom stereocenters. The maximum absolute atomic E-state index is 13.4. The molecule has 1 fully saturated rings. The van der Waals surface area contributed by atoms with Crippen molar-refractivity contribution in [3.05, 3.63) is 58.6 Å². The van der Waals surface area contributed by atoms with Gasteiger partial charge in [0.1, 0.15) is 11.9 Å². The zero-order valence-electron chi connectivity index (χ0n) is 15.6. The van der Waals surface area contributed by atoms with E-state index in [1.165, 1.54) is 30.5 Å². The lowest BCUT2D eigenvalue weighted by atomic mass is 10.1. The van der Waals surface area contributed by atoms with Crippen LogP contribution in [0.2, 0.25) is 5.02 Å². The van der Waals surface area contributed by atoms with Crippen LogP contribution < -0.4 is 10.0 Å². The second kappa shape index (κ2) is 8.08. The number of aromatic amines is 1. The maximum Gasteiger partial charge on any atom is 0.280 e. The quantitative estimate of drug-likeness (QED) is 0.545. The van der Waals surface area contributed by atoms with E-state index in [9.17, 15) is 17.6 Å². The molecule has 158 valence electrons. The summed E-state index contributed by atoms with van der Waals surface area (Å²) in [5, 5.41) is 2.48. The van der Waals surface area contributed by atoms with Crippen molar-refractivity contribution < 1.29 is 17.6 Å². The molecule has 0 radical (unpaired) electrons. The third-order valence-corrected chi connectivity index (χ3v) is 7.91. The van der Waals surface area contributed by atoms with Crippen LogP contribution in [0.5, 0.6) is 0 Å². The number of imidazole rings is 1. The molecule has 2 aromatic heterocycles. The van der Waals surface area contributed by atoms with Crippen molar-refractivity contribution in [3.63, 3.8) is 0 Å². The SMILES string of the molecule is CN1C(C(=O)Nc2ccc(F)c(Cl)c2)CC(c2ccc(-c3cnc[nH]3)s2)NS1(=O)=O. The first-order chi connectivity index (χ1) is 14.2. The second-order valence-corrected chi connectivity index (χ2v) is 10.0. The van der Waals surface area contributed by atoms with Gasteiger partial charge in [0, 0.05) is 17.6 Å². The number of thiophene rings is 1. The predicted molar refractivity (Wildman–Crippen MR) is 113 cm³/mol. The average Bonchev–Trinajstić information content (AvgIpc) is 3.38. The molecule has 3 heterocycles. The molecule has 1 saturated heterocycles. The largest absolute Gasteiger partial charge is 0.344 e. The predicted octanol–water partition coefficient (Wildman–Crippen LogP) is 3.15. The lowest BCUT2D eigenvalue weighted by Gasteiger charge is -2.35. The molecule has 4 rings (SSSR count). The van der Waals surface area contributed by atoms with Gasteiger partial charge in [-0.2, -0.15) is 17.4 Å². The minimum absolute atomic E-state index is 0.137. The number of amides is 1. The van der Waals surface area contributed by atoms with Crippen molar-refractivity contribution in [2.45, 2.75) is 18.5 Å². The molecule has 1 amide bonds. The van der Waals surface area contributed by atoms with Crippen molar-refractivity contribution in [2.24, 2.45) is 0 Å². The van der Waals surface area contributed by atoms with Crippen LogP contribution in [0.3, 0.4) is 0 Å². The Labute approximate surface area is 181 Å². The Kier molecular flexibility index (Phi) is 5.64. The Morgan fingerprint density at radius 3 is 2.87 bits per heavy atom. The molecular weight excluding hydrogens is 453 g/mol. The van der Waals surface area contributed by atoms with E-state index >= 15 is 0 Å². The van der Waals surface area contributed by atoms with Crippen LogP contribution in [-0.4, -0.2) is 41.7 Å². The van der Waals surface area contributed by atoms with Crippen molar-refractivity contribution in [1.29, 1.82) is 0 Å². The van der Waals surface area contributed by atoms with Crippen molar-refractivity contribution in [1.82, 2.24) is 19.0 Å². The number of aromatic nitrogens is 2. The molecule has 0 spiro atoms. The smallest absolute Gasteiger partial charge is 0.280 e. The summed E-state index contributed by atoms with van der Waals surface area (Å²) in [6.45, 7) is 0. The molecular formula is C18H17ClFN5O3S2. The Morgan fingerprint density at radius 1 is 1.37 bits per heavy atom. The van der Waals surface area contributed by atoms with Gasteiger partial charge in [-0.1, -0.05) is 11.6 Å². The molecule has 2 atom stereocenters. The molecule has 1 aliphatic heterocycles. The monoisotopic (exact) mass is 469 g/mol. The summed E-state index contributed by atoms with van der Waals surface area (Å²) in [6.07, 6.45) is 3.47. The van der Waals surface area contributed by atoms with Crippen molar-refractivity contribution >= 4 is 44.7 Å². The summed E-state index contributed by atoms with van der Waals surface area (Å²) in [5.74, 6) is -1.14. The third kappa shape index (κ3) is 4.12. The van der Waals surface area contributed by atoms with Gasteiger partial charge in [-0.25, -0.2) is 9.37 Å². The fourth-order valence-corrected chi connectivity index (χ4v) is 5.74. The summed E-state index contributed by atoms with van der Waals surface area (Å²) in [5.41, 5.74) is 1.11. The van der Waals surface area contributed by atoms with Crippen LogP contribution in [0.15, 0.2) is 42.9 Å². The number of carbonyl (C=O) groups is 1. The van der Waals surface area contributed by atoms with Crippen molar-refractivity contribution in [2.75, 3.05) is 12.4 Å². The van der Waals surface area contributed by atoms with Gasteiger partial charge < -0.3 is 10.3 Å². The number of likely N-dealkylation sites (N-methyl/N-ethyl adjacent to an activating group) is 1. The number of nitrogens with one attached hydrogen (secondary N) is 3. The molecule has 0 bridgehead atoms. The number of anilines is 1. The van der Waals surface area contributed by atoms with E-state index in [4.69, 9.17) is 11.6 Å². The average molecular weight is 470 g/mol. The van der Waals surface area contributed by atoms with Gasteiger partial charge >= 0.3 is 0 Å². The van der Waals surface area contributed by atoms with Gasteiger partial charge in [0.25, 0.3) is 10.2 Å². The lowest BCUT2D eigenvalue weighted by Crippen LogP contribution is -2.55. The summed E-state index contributed by atoms with van der Waals surface area (Å²) < 4.78 is 42.2. The summed E-state index contributed by atoms with van der Waals surface area (Å²) >= 11 is 7.17. The molecule has 3 N–H and O–H groups in total. The molecule has 0 saturated carbocycles. The normalized spacial score (nSPS) is 21.4. The Hall–Kier alpha value is -2.31. The van der Waals surface area contributed by atoms with Gasteiger partial charge in [-0.05, 0) is 36.8 Å². The van der Waals surface area contributed by atoms with Gasteiger partial charge in [-0.3, -0.25) is 4.79 Å². The molecule has 1 aromatic carbocycles. The molecule has 12 heteroatoms. The Morgan fingerprint density at radius 2 is 2.17 bits per heavy atom. The molecule has 0 aliphatic carbocycles. The first kappa shape index (κ1) is 20.9. The minimum atomic E-state index is -3.88. The van der Waals surface area contributed by atoms with E-state index in [0.717, 1.165) is 25.8 Å². The fraction of sp³-hybridized carbons (Fsp3) is 0.222. The van der Waals surface area contributed by atoms with E-state index in [0.29, 0.717) is 0 Å². The Balaban J connectivity index is 1.57. The van der Waals surface area contributed by atoms with Gasteiger partial charge in [0.2, 0.25) is 5.91 Å². The fourth-order valence-electron chi connectivity index (χ4n) is 3.17. The summed E-state index contributed by atoms with van der Waals surface area (Å²) in [7, 11) is -2.54. The van der Waals surface area contributed by atoms with Crippen LogP contribution >= 0.6 is 22.9 Å². The summed E-state index contributed by atoms with van der Waals surface area (Å²) in [4.78, 5) is 21.5. The van der Waals surface area contributed by atoms with Crippen molar-refractivity contribution in [3.8, 4) is 10.6 Å². The van der Waals surface area contributed by atoms with Gasteiger partial charge in [-0.15, -0.1) is 11.3 Å². The lowest BCUT2D eigenvalue weighted by molar-refractivity contribution is -0.120. The molecule has 8 nitrogen and oxygen atoms in total. The van der Waals surface area contributed by atoms with Crippen LogP contribution in [0.4, 0.5) is 10.1 Å². The number of nitrogens with zero attached hydrogens (tertiary/aromatic N) is 2. The van der Waals surface area contributed by atoms with E-state index in [-0.39, 0.29) is 17.1 Å². The third-order valence-electron chi connectivity index (χ3n) is 4.79. The highest BCUT2D eigenvalue weighted by Gasteiger charge is 2.41. The number of carbonyl (C=O) groups excluding carboxylic acids is 1. The standard InChI is InChI=1S/C18H17ClFN5O3S2/c1-25-15(18(26)23-10-2-3-12(20)11(19)6-10)7-13(24-30(25,27)28)16-4-5-17(29-16)14-8-21-9-22-14/h2-6,8-9,13,15,24H,7H2,1H3,(H,21,22)(H,23,26). The van der Waals surface area contributed by atoms with Crippen LogP contribution in [0, 0.1) is 5.82 Å². The minimum Gasteiger partial charge on any atom is -0.344 e. The summed E-state index contributed by atoms with van der Waals surface area (Å²) in [6, 6.07) is 5.94. The van der Waals surface area contributed by atoms with Gasteiger partial charge in [0.15, 0.2) is 0 Å². The van der Waals surface area contributed by atoms with E-state index in [1.807, 2.05) is 12.1 Å². The number of benzene rings is 1. The van der Waals surface area contributed by atoms with Crippen LogP contribution in [0.25, 0.3) is 10.6 Å². The number of H-pyrrole nitrogens is 1. The zero-order valence-corrected chi connectivity index (χ0v) is 18.0. The van der Waals surface area contributed by atoms with E-state index in [2.05, 4.69) is 20.0 Å². The first-order valence-electron chi connectivity index (χ1n) is 8.84. The highest BCUT2D eigenvalue weighted by atomic mass is 35.5. The highest BCUT2D eigenvalue weighted by molar-refractivity contribution is 7.87. The van der Waals surface area contributed by atoms with Gasteiger partial charge in [0.05, 0.1) is 34.2 Å². The topological polar surface area (TPSA) is 107 Å². The molecule has 1 aliphatic rings. The van der Waals surface area contributed by atoms with E-state index < -0.39 is 34.0 Å². The van der Waals surface area contributed by atoms with E-state index in [1.54, 1.807) is 12.5 Å². The molecule has 3 aromatic rings. The Bertz CT molecular complexity index is 1180. The highest BCUT2D eigenvalue weighted by Crippen LogP contribution is 2.35. The van der Waals surface area contributed by atoms with Crippen LogP contribution in [-0.2, 0) is 15.0 Å².